The minimum atomic E-state index is -0.235. The lowest BCUT2D eigenvalue weighted by Gasteiger charge is -1.94. The molecule has 0 unspecified atom stereocenters. The summed E-state index contributed by atoms with van der Waals surface area (Å²) in [5.41, 5.74) is 2.94. The van der Waals surface area contributed by atoms with Crippen LogP contribution in [0, 0.1) is 12.7 Å². The zero-order valence-corrected chi connectivity index (χ0v) is 9.41. The normalized spacial score (nSPS) is 10.9. The van der Waals surface area contributed by atoms with E-state index in [2.05, 4.69) is 6.07 Å². The fourth-order valence-electron chi connectivity index (χ4n) is 1.92. The Hall–Kier alpha value is -2.09. The maximum absolute atomic E-state index is 12.8. The van der Waals surface area contributed by atoms with Crippen LogP contribution in [0.15, 0.2) is 52.9 Å². The summed E-state index contributed by atoms with van der Waals surface area (Å²) in [4.78, 5) is 0. The van der Waals surface area contributed by atoms with E-state index in [-0.39, 0.29) is 5.82 Å². The van der Waals surface area contributed by atoms with Crippen molar-refractivity contribution in [2.45, 2.75) is 6.92 Å². The van der Waals surface area contributed by atoms with Crippen LogP contribution >= 0.6 is 0 Å². The second-order valence-corrected chi connectivity index (χ2v) is 4.16. The van der Waals surface area contributed by atoms with Gasteiger partial charge in [0.05, 0.1) is 0 Å². The van der Waals surface area contributed by atoms with Gasteiger partial charge in [-0.1, -0.05) is 11.6 Å². The first kappa shape index (κ1) is 10.1. The Morgan fingerprint density at radius 2 is 1.71 bits per heavy atom. The van der Waals surface area contributed by atoms with Crippen molar-refractivity contribution in [3.05, 3.63) is 59.9 Å². The fourth-order valence-corrected chi connectivity index (χ4v) is 1.92. The lowest BCUT2D eigenvalue weighted by molar-refractivity contribution is 0.623. The Morgan fingerprint density at radius 3 is 2.47 bits per heavy atom. The molecule has 0 saturated carbocycles. The number of aryl methyl sites for hydroxylation is 1. The molecule has 1 aromatic heterocycles. The molecule has 0 aliphatic heterocycles. The molecule has 0 aliphatic carbocycles. The summed E-state index contributed by atoms with van der Waals surface area (Å²) >= 11 is 0. The number of hydrogen-bond donors (Lipinski definition) is 0. The van der Waals surface area contributed by atoms with Gasteiger partial charge < -0.3 is 4.42 Å². The van der Waals surface area contributed by atoms with Crippen LogP contribution in [-0.2, 0) is 0 Å². The summed E-state index contributed by atoms with van der Waals surface area (Å²) in [5, 5.41) is 1.07. The number of benzene rings is 2. The third kappa shape index (κ3) is 1.82. The maximum atomic E-state index is 12.8. The van der Waals surface area contributed by atoms with Crippen LogP contribution in [0.1, 0.15) is 5.56 Å². The van der Waals surface area contributed by atoms with Gasteiger partial charge in [0.15, 0.2) is 0 Å². The van der Waals surface area contributed by atoms with Crippen LogP contribution in [-0.4, -0.2) is 0 Å². The van der Waals surface area contributed by atoms with Crippen molar-refractivity contribution in [3.8, 4) is 11.3 Å². The van der Waals surface area contributed by atoms with Gasteiger partial charge in [-0.2, -0.15) is 0 Å². The highest BCUT2D eigenvalue weighted by molar-refractivity contribution is 5.83. The Balaban J connectivity index is 2.14. The van der Waals surface area contributed by atoms with E-state index in [1.807, 2.05) is 25.1 Å². The first-order chi connectivity index (χ1) is 8.22. The zero-order chi connectivity index (χ0) is 11.8. The SMILES string of the molecule is Cc1ccc2oc(-c3ccc([18F])cc3)cc2c1. The van der Waals surface area contributed by atoms with E-state index < -0.39 is 0 Å². The van der Waals surface area contributed by atoms with Crippen molar-refractivity contribution >= 4 is 11.0 Å². The van der Waals surface area contributed by atoms with Crippen molar-refractivity contribution in [2.24, 2.45) is 0 Å². The van der Waals surface area contributed by atoms with Gasteiger partial charge in [-0.25, -0.2) is 4.39 Å². The van der Waals surface area contributed by atoms with Crippen molar-refractivity contribution < 1.29 is 8.81 Å². The van der Waals surface area contributed by atoms with E-state index in [0.29, 0.717) is 0 Å². The van der Waals surface area contributed by atoms with Gasteiger partial charge in [-0.05, 0) is 49.4 Å². The van der Waals surface area contributed by atoms with Gasteiger partial charge in [-0.3, -0.25) is 0 Å². The van der Waals surface area contributed by atoms with Gasteiger partial charge in [-0.15, -0.1) is 0 Å². The van der Waals surface area contributed by atoms with Crippen LogP contribution in [0.5, 0.6) is 0 Å². The van der Waals surface area contributed by atoms with Gasteiger partial charge in [0, 0.05) is 10.9 Å². The molecule has 0 saturated heterocycles. The minimum Gasteiger partial charge on any atom is -0.456 e. The summed E-state index contributed by atoms with van der Waals surface area (Å²) in [7, 11) is 0. The molecule has 17 heavy (non-hydrogen) atoms. The molecule has 3 aromatic rings. The van der Waals surface area contributed by atoms with E-state index in [0.717, 1.165) is 22.3 Å². The number of furan rings is 1. The fraction of sp³-hybridized carbons (Fsp3) is 0.0667. The number of rotatable bonds is 1. The predicted molar refractivity (Wildman–Crippen MR) is 66.3 cm³/mol. The Kier molecular flexibility index (Phi) is 2.22. The summed E-state index contributed by atoms with van der Waals surface area (Å²) in [6.07, 6.45) is 0. The third-order valence-corrected chi connectivity index (χ3v) is 2.80. The molecule has 0 bridgehead atoms. The van der Waals surface area contributed by atoms with Crippen LogP contribution < -0.4 is 0 Å². The lowest BCUT2D eigenvalue weighted by atomic mass is 10.1. The highest BCUT2D eigenvalue weighted by Crippen LogP contribution is 2.28. The van der Waals surface area contributed by atoms with Crippen molar-refractivity contribution in [2.75, 3.05) is 0 Å². The highest BCUT2D eigenvalue weighted by Gasteiger charge is 2.06. The van der Waals surface area contributed by atoms with Crippen LogP contribution in [0.3, 0.4) is 0 Å². The topological polar surface area (TPSA) is 13.1 Å². The standard InChI is InChI=1S/C15H11FO/c1-10-2-7-14-12(8-10)9-15(17-14)11-3-5-13(16)6-4-11/h2-9H,1H3/i16-1. The molecule has 84 valence electrons. The van der Waals surface area contributed by atoms with Gasteiger partial charge in [0.25, 0.3) is 0 Å². The molecule has 1 nitrogen and oxygen atoms in total. The smallest absolute Gasteiger partial charge is 0.135 e. The van der Waals surface area contributed by atoms with Crippen LogP contribution in [0.25, 0.3) is 22.3 Å². The van der Waals surface area contributed by atoms with Crippen LogP contribution in [0.2, 0.25) is 0 Å². The molecular weight excluding hydrogens is 214 g/mol. The second-order valence-electron chi connectivity index (χ2n) is 4.16. The number of fused-ring (bicyclic) bond motifs is 1. The quantitative estimate of drug-likeness (QED) is 0.592. The van der Waals surface area contributed by atoms with E-state index in [1.165, 1.54) is 17.7 Å². The van der Waals surface area contributed by atoms with E-state index >= 15 is 0 Å². The molecule has 0 amide bonds. The van der Waals surface area contributed by atoms with E-state index in [4.69, 9.17) is 4.42 Å². The molecule has 3 rings (SSSR count). The van der Waals surface area contributed by atoms with Crippen LogP contribution in [0.4, 0.5) is 4.39 Å². The molecule has 2 heteroatoms. The third-order valence-electron chi connectivity index (χ3n) is 2.80. The predicted octanol–water partition coefficient (Wildman–Crippen LogP) is 4.55. The molecule has 0 radical (unpaired) electrons. The summed E-state index contributed by atoms with van der Waals surface area (Å²) in [5.74, 6) is 0.534. The number of halogens is 1. The largest absolute Gasteiger partial charge is 0.456 e. The summed E-state index contributed by atoms with van der Waals surface area (Å²) in [6.45, 7) is 2.05. The molecule has 2 aromatic carbocycles. The summed E-state index contributed by atoms with van der Waals surface area (Å²) < 4.78 is 18.6. The molecule has 0 aliphatic rings. The Morgan fingerprint density at radius 1 is 0.941 bits per heavy atom. The zero-order valence-electron chi connectivity index (χ0n) is 9.41. The van der Waals surface area contributed by atoms with Crippen molar-refractivity contribution in [1.82, 2.24) is 0 Å². The molecule has 0 spiro atoms. The van der Waals surface area contributed by atoms with E-state index in [1.54, 1.807) is 12.1 Å². The Bertz CT molecular complexity index is 665. The molecule has 0 fully saturated rings. The van der Waals surface area contributed by atoms with Gasteiger partial charge >= 0.3 is 0 Å². The minimum absolute atomic E-state index is 0.235. The van der Waals surface area contributed by atoms with Gasteiger partial charge in [0.1, 0.15) is 17.2 Å². The molecule has 0 N–H and O–H groups in total. The van der Waals surface area contributed by atoms with Gasteiger partial charge in [0.2, 0.25) is 0 Å². The molecule has 1 heterocycles. The molecule has 0 atom stereocenters. The second kappa shape index (κ2) is 3.74. The summed E-state index contributed by atoms with van der Waals surface area (Å²) in [6, 6.07) is 14.3. The monoisotopic (exact) mass is 225 g/mol. The number of hydrogen-bond acceptors (Lipinski definition) is 1. The van der Waals surface area contributed by atoms with Crippen molar-refractivity contribution in [3.63, 3.8) is 0 Å². The molecular formula is C15H11FO. The average molecular weight is 225 g/mol. The van der Waals surface area contributed by atoms with Crippen molar-refractivity contribution in [1.29, 1.82) is 0 Å². The maximum Gasteiger partial charge on any atom is 0.135 e. The first-order valence-electron chi connectivity index (χ1n) is 5.48. The first-order valence-corrected chi connectivity index (χ1v) is 5.48. The average Bonchev–Trinajstić information content (AvgIpc) is 2.72. The van der Waals surface area contributed by atoms with E-state index in [9.17, 15) is 4.39 Å². The Labute approximate surface area is 98.5 Å². The highest BCUT2D eigenvalue weighted by atomic mass is 18.2. The lowest BCUT2D eigenvalue weighted by Crippen LogP contribution is -1.74.